The standard InChI is InChI=1S/C18H17Br2NO3/c1-3-16(22)12-4-6-13(7-5-12)24-10-17(23)21-18-14(19)8-11(2)9-15(18)20/h4-9H,3,10H2,1-2H3,(H,21,23). The third-order valence-electron chi connectivity index (χ3n) is 3.32. The quantitative estimate of drug-likeness (QED) is 0.615. The van der Waals surface area contributed by atoms with Gasteiger partial charge in [-0.1, -0.05) is 6.92 Å². The second kappa shape index (κ2) is 8.44. The van der Waals surface area contributed by atoms with Crippen LogP contribution < -0.4 is 10.1 Å². The van der Waals surface area contributed by atoms with Gasteiger partial charge in [0.1, 0.15) is 5.75 Å². The average Bonchev–Trinajstić information content (AvgIpc) is 2.56. The number of ether oxygens (including phenoxy) is 1. The number of amides is 1. The van der Waals surface area contributed by atoms with Crippen molar-refractivity contribution in [2.45, 2.75) is 20.3 Å². The summed E-state index contributed by atoms with van der Waals surface area (Å²) in [7, 11) is 0. The lowest BCUT2D eigenvalue weighted by Crippen LogP contribution is -2.20. The van der Waals surface area contributed by atoms with E-state index in [1.165, 1.54) is 0 Å². The molecule has 1 amide bonds. The van der Waals surface area contributed by atoms with Crippen LogP contribution in [-0.4, -0.2) is 18.3 Å². The zero-order chi connectivity index (χ0) is 17.7. The lowest BCUT2D eigenvalue weighted by atomic mass is 10.1. The monoisotopic (exact) mass is 453 g/mol. The minimum Gasteiger partial charge on any atom is -0.484 e. The van der Waals surface area contributed by atoms with Gasteiger partial charge in [-0.05, 0) is 80.7 Å². The number of aryl methyl sites for hydroxylation is 1. The number of halogens is 2. The fourth-order valence-corrected chi connectivity index (χ4v) is 3.70. The van der Waals surface area contributed by atoms with E-state index in [1.54, 1.807) is 24.3 Å². The molecule has 6 heteroatoms. The molecule has 0 aromatic heterocycles. The molecule has 126 valence electrons. The van der Waals surface area contributed by atoms with E-state index >= 15 is 0 Å². The summed E-state index contributed by atoms with van der Waals surface area (Å²) in [6.07, 6.45) is 0.461. The van der Waals surface area contributed by atoms with Crippen LogP contribution in [0.2, 0.25) is 0 Å². The topological polar surface area (TPSA) is 55.4 Å². The van der Waals surface area contributed by atoms with Gasteiger partial charge in [-0.2, -0.15) is 0 Å². The molecule has 0 aliphatic rings. The van der Waals surface area contributed by atoms with Crippen molar-refractivity contribution < 1.29 is 14.3 Å². The number of carbonyl (C=O) groups is 2. The normalized spacial score (nSPS) is 10.3. The molecule has 4 nitrogen and oxygen atoms in total. The first-order valence-corrected chi connectivity index (χ1v) is 9.01. The Morgan fingerprint density at radius 3 is 2.21 bits per heavy atom. The van der Waals surface area contributed by atoms with E-state index in [0.29, 0.717) is 23.4 Å². The van der Waals surface area contributed by atoms with Crippen molar-refractivity contribution in [3.8, 4) is 5.75 Å². The molecular weight excluding hydrogens is 438 g/mol. The van der Waals surface area contributed by atoms with Crippen LogP contribution in [0.3, 0.4) is 0 Å². The van der Waals surface area contributed by atoms with E-state index in [1.807, 2.05) is 26.0 Å². The second-order valence-electron chi connectivity index (χ2n) is 5.24. The molecule has 0 spiro atoms. The summed E-state index contributed by atoms with van der Waals surface area (Å²) in [6, 6.07) is 10.6. The minimum absolute atomic E-state index is 0.0772. The number of benzene rings is 2. The third-order valence-corrected chi connectivity index (χ3v) is 4.57. The molecule has 1 N–H and O–H groups in total. The Morgan fingerprint density at radius 1 is 1.08 bits per heavy atom. The smallest absolute Gasteiger partial charge is 0.262 e. The highest BCUT2D eigenvalue weighted by molar-refractivity contribution is 9.11. The van der Waals surface area contributed by atoms with E-state index < -0.39 is 0 Å². The number of anilines is 1. The average molecular weight is 455 g/mol. The van der Waals surface area contributed by atoms with Crippen LogP contribution in [0, 0.1) is 6.92 Å². The first-order chi connectivity index (χ1) is 11.4. The predicted molar refractivity (Wildman–Crippen MR) is 102 cm³/mol. The number of rotatable bonds is 6. The van der Waals surface area contributed by atoms with Crippen molar-refractivity contribution in [3.63, 3.8) is 0 Å². The van der Waals surface area contributed by atoms with Gasteiger partial charge < -0.3 is 10.1 Å². The molecule has 0 saturated carbocycles. The van der Waals surface area contributed by atoms with Crippen LogP contribution >= 0.6 is 31.9 Å². The number of ketones is 1. The summed E-state index contributed by atoms with van der Waals surface area (Å²) in [5.74, 6) is 0.349. The summed E-state index contributed by atoms with van der Waals surface area (Å²) in [5.41, 5.74) is 2.38. The van der Waals surface area contributed by atoms with Crippen molar-refractivity contribution >= 4 is 49.2 Å². The molecule has 0 fully saturated rings. The lowest BCUT2D eigenvalue weighted by molar-refractivity contribution is -0.118. The van der Waals surface area contributed by atoms with Crippen LogP contribution in [-0.2, 0) is 4.79 Å². The van der Waals surface area contributed by atoms with E-state index in [9.17, 15) is 9.59 Å². The molecule has 0 atom stereocenters. The second-order valence-corrected chi connectivity index (χ2v) is 6.95. The highest BCUT2D eigenvalue weighted by atomic mass is 79.9. The minimum atomic E-state index is -0.269. The molecule has 0 aliphatic heterocycles. The molecule has 2 aromatic carbocycles. The number of nitrogens with one attached hydrogen (secondary N) is 1. The van der Waals surface area contributed by atoms with Crippen LogP contribution in [0.4, 0.5) is 5.69 Å². The van der Waals surface area contributed by atoms with Gasteiger partial charge >= 0.3 is 0 Å². The van der Waals surface area contributed by atoms with Crippen molar-refractivity contribution in [3.05, 3.63) is 56.5 Å². The molecule has 2 rings (SSSR count). The first-order valence-electron chi connectivity index (χ1n) is 7.42. The Labute approximate surface area is 157 Å². The largest absolute Gasteiger partial charge is 0.484 e. The molecule has 0 heterocycles. The first kappa shape index (κ1) is 18.7. The highest BCUT2D eigenvalue weighted by Crippen LogP contribution is 2.32. The third kappa shape index (κ3) is 4.92. The van der Waals surface area contributed by atoms with Gasteiger partial charge in [-0.3, -0.25) is 9.59 Å². The number of hydrogen-bond acceptors (Lipinski definition) is 3. The number of hydrogen-bond donors (Lipinski definition) is 1. The number of carbonyl (C=O) groups excluding carboxylic acids is 2. The maximum atomic E-state index is 12.1. The summed E-state index contributed by atoms with van der Waals surface area (Å²) in [4.78, 5) is 23.6. The molecule has 0 unspecified atom stereocenters. The SMILES string of the molecule is CCC(=O)c1ccc(OCC(=O)Nc2c(Br)cc(C)cc2Br)cc1. The summed E-state index contributed by atoms with van der Waals surface area (Å²) in [5, 5.41) is 2.80. The molecule has 0 bridgehead atoms. The number of Topliss-reactive ketones (excluding diaryl/α,β-unsaturated/α-hetero) is 1. The van der Waals surface area contributed by atoms with Crippen LogP contribution in [0.25, 0.3) is 0 Å². The Balaban J connectivity index is 1.95. The van der Waals surface area contributed by atoms with Crippen LogP contribution in [0.1, 0.15) is 29.3 Å². The van der Waals surface area contributed by atoms with E-state index in [2.05, 4.69) is 37.2 Å². The molecule has 0 radical (unpaired) electrons. The zero-order valence-electron chi connectivity index (χ0n) is 13.4. The fraction of sp³-hybridized carbons (Fsp3) is 0.222. The zero-order valence-corrected chi connectivity index (χ0v) is 16.5. The van der Waals surface area contributed by atoms with Crippen LogP contribution in [0.15, 0.2) is 45.3 Å². The van der Waals surface area contributed by atoms with Gasteiger partial charge in [0.25, 0.3) is 5.91 Å². The maximum Gasteiger partial charge on any atom is 0.262 e. The van der Waals surface area contributed by atoms with Gasteiger partial charge in [0.2, 0.25) is 0 Å². The van der Waals surface area contributed by atoms with Crippen molar-refractivity contribution in [2.75, 3.05) is 11.9 Å². The summed E-state index contributed by atoms with van der Waals surface area (Å²) < 4.78 is 7.05. The predicted octanol–water partition coefficient (Wildman–Crippen LogP) is 5.13. The van der Waals surface area contributed by atoms with Crippen molar-refractivity contribution in [2.24, 2.45) is 0 Å². The van der Waals surface area contributed by atoms with E-state index in [-0.39, 0.29) is 18.3 Å². The molecule has 0 saturated heterocycles. The molecule has 0 aliphatic carbocycles. The highest BCUT2D eigenvalue weighted by Gasteiger charge is 2.11. The lowest BCUT2D eigenvalue weighted by Gasteiger charge is -2.11. The van der Waals surface area contributed by atoms with Gasteiger partial charge in [0.05, 0.1) is 5.69 Å². The Bertz CT molecular complexity index is 734. The van der Waals surface area contributed by atoms with Gasteiger partial charge in [-0.25, -0.2) is 0 Å². The Morgan fingerprint density at radius 2 is 1.67 bits per heavy atom. The molecule has 24 heavy (non-hydrogen) atoms. The van der Waals surface area contributed by atoms with E-state index in [0.717, 1.165) is 14.5 Å². The summed E-state index contributed by atoms with van der Waals surface area (Å²) >= 11 is 6.87. The molecule has 2 aromatic rings. The van der Waals surface area contributed by atoms with Gasteiger partial charge in [-0.15, -0.1) is 0 Å². The molecular formula is C18H17Br2NO3. The van der Waals surface area contributed by atoms with Crippen LogP contribution in [0.5, 0.6) is 5.75 Å². The van der Waals surface area contributed by atoms with Crippen molar-refractivity contribution in [1.29, 1.82) is 0 Å². The van der Waals surface area contributed by atoms with Gasteiger partial charge in [0.15, 0.2) is 12.4 Å². The maximum absolute atomic E-state index is 12.1. The van der Waals surface area contributed by atoms with Gasteiger partial charge in [0, 0.05) is 20.9 Å². The van der Waals surface area contributed by atoms with Crippen molar-refractivity contribution in [1.82, 2.24) is 0 Å². The summed E-state index contributed by atoms with van der Waals surface area (Å²) in [6.45, 7) is 3.67. The fourth-order valence-electron chi connectivity index (χ4n) is 2.08. The van der Waals surface area contributed by atoms with E-state index in [4.69, 9.17) is 4.74 Å². The Kier molecular flexibility index (Phi) is 6.57. The Hall–Kier alpha value is -1.66.